The SMILES string of the molecule is NC1=Cc2c([nH]c3c(Cl)cc(Cl)cc3c2=O)C2C(=O)c3ccccc3C(=O)C12. The number of nitrogens with one attached hydrogen (secondary N) is 1. The molecular formula is C21H12Cl2N2O3. The van der Waals surface area contributed by atoms with E-state index in [2.05, 4.69) is 4.98 Å². The number of Topliss-reactive ketones (excluding diaryl/α,β-unsaturated/α-hetero) is 2. The molecule has 1 heterocycles. The van der Waals surface area contributed by atoms with Crippen molar-refractivity contribution in [3.63, 3.8) is 0 Å². The third-order valence-corrected chi connectivity index (χ3v) is 5.95. The first-order valence-corrected chi connectivity index (χ1v) is 9.33. The minimum absolute atomic E-state index is 0.198. The summed E-state index contributed by atoms with van der Waals surface area (Å²) >= 11 is 12.3. The second kappa shape index (κ2) is 5.80. The zero-order valence-corrected chi connectivity index (χ0v) is 15.8. The number of H-pyrrole nitrogens is 1. The van der Waals surface area contributed by atoms with E-state index in [1.165, 1.54) is 18.2 Å². The predicted molar refractivity (Wildman–Crippen MR) is 108 cm³/mol. The summed E-state index contributed by atoms with van der Waals surface area (Å²) in [7, 11) is 0. The second-order valence-electron chi connectivity index (χ2n) is 6.97. The molecule has 3 N–H and O–H groups in total. The molecule has 5 rings (SSSR count). The lowest BCUT2D eigenvalue weighted by Gasteiger charge is -2.34. The van der Waals surface area contributed by atoms with Gasteiger partial charge in [0.25, 0.3) is 0 Å². The van der Waals surface area contributed by atoms with Crippen LogP contribution < -0.4 is 11.2 Å². The lowest BCUT2D eigenvalue weighted by atomic mass is 9.68. The summed E-state index contributed by atoms with van der Waals surface area (Å²) < 4.78 is 0. The Labute approximate surface area is 168 Å². The maximum absolute atomic E-state index is 13.3. The lowest BCUT2D eigenvalue weighted by Crippen LogP contribution is -2.41. The molecule has 0 fully saturated rings. The molecule has 2 aliphatic carbocycles. The topological polar surface area (TPSA) is 93.0 Å². The number of rotatable bonds is 0. The van der Waals surface area contributed by atoms with Crippen LogP contribution in [-0.2, 0) is 0 Å². The van der Waals surface area contributed by atoms with Gasteiger partial charge in [-0.2, -0.15) is 0 Å². The molecule has 2 aliphatic rings. The highest BCUT2D eigenvalue weighted by atomic mass is 35.5. The van der Waals surface area contributed by atoms with E-state index in [0.717, 1.165) is 0 Å². The molecule has 0 radical (unpaired) electrons. The summed E-state index contributed by atoms with van der Waals surface area (Å²) in [5, 5.41) is 0.886. The van der Waals surface area contributed by atoms with E-state index in [4.69, 9.17) is 28.9 Å². The highest BCUT2D eigenvalue weighted by Gasteiger charge is 2.47. The van der Waals surface area contributed by atoms with Crippen LogP contribution >= 0.6 is 23.2 Å². The van der Waals surface area contributed by atoms with Crippen molar-refractivity contribution in [2.24, 2.45) is 11.7 Å². The molecule has 2 unspecified atom stereocenters. The molecule has 2 atom stereocenters. The Morgan fingerprint density at radius 3 is 2.25 bits per heavy atom. The second-order valence-corrected chi connectivity index (χ2v) is 7.81. The molecule has 28 heavy (non-hydrogen) atoms. The summed E-state index contributed by atoms with van der Waals surface area (Å²) in [5.74, 6) is -2.24. The number of fused-ring (bicyclic) bond motifs is 5. The van der Waals surface area contributed by atoms with Crippen LogP contribution in [0, 0.1) is 5.92 Å². The van der Waals surface area contributed by atoms with Crippen molar-refractivity contribution in [1.82, 2.24) is 4.98 Å². The van der Waals surface area contributed by atoms with Crippen LogP contribution in [0.3, 0.4) is 0 Å². The number of pyridine rings is 1. The normalized spacial score (nSPS) is 20.4. The Bertz CT molecular complexity index is 1320. The predicted octanol–water partition coefficient (Wildman–Crippen LogP) is 3.93. The van der Waals surface area contributed by atoms with Crippen LogP contribution in [0.15, 0.2) is 46.9 Å². The quantitative estimate of drug-likeness (QED) is 0.586. The van der Waals surface area contributed by atoms with E-state index < -0.39 is 11.8 Å². The molecule has 2 aromatic carbocycles. The number of carbonyl (C=O) groups excluding carboxylic acids is 2. The smallest absolute Gasteiger partial charge is 0.197 e. The molecule has 3 aromatic rings. The Morgan fingerprint density at radius 1 is 0.929 bits per heavy atom. The van der Waals surface area contributed by atoms with Crippen molar-refractivity contribution in [3.8, 4) is 0 Å². The molecule has 0 saturated carbocycles. The molecule has 0 aliphatic heterocycles. The van der Waals surface area contributed by atoms with Crippen LogP contribution in [-0.4, -0.2) is 16.6 Å². The average Bonchev–Trinajstić information content (AvgIpc) is 2.67. The van der Waals surface area contributed by atoms with Crippen LogP contribution in [0.2, 0.25) is 10.0 Å². The minimum Gasteiger partial charge on any atom is -0.401 e. The van der Waals surface area contributed by atoms with Gasteiger partial charge in [-0.1, -0.05) is 47.5 Å². The molecule has 0 spiro atoms. The standard InChI is InChI=1S/C21H12Cl2N2O3/c22-8-5-11-17(13(23)6-8)25-18-12(19(11)26)7-14(24)15-16(18)21(28)10-4-2-1-3-9(10)20(15)27/h1-7,15-16H,24H2,(H,25,26). The fraction of sp³-hybridized carbons (Fsp3) is 0.0952. The van der Waals surface area contributed by atoms with Gasteiger partial charge in [-0.25, -0.2) is 0 Å². The van der Waals surface area contributed by atoms with Crippen molar-refractivity contribution >= 4 is 51.7 Å². The number of allylic oxidation sites excluding steroid dienone is 1. The lowest BCUT2D eigenvalue weighted by molar-refractivity contribution is 0.0810. The maximum Gasteiger partial charge on any atom is 0.197 e. The van der Waals surface area contributed by atoms with Crippen LogP contribution in [0.25, 0.3) is 17.0 Å². The number of nitrogens with two attached hydrogens (primary N) is 1. The van der Waals surface area contributed by atoms with Crippen molar-refractivity contribution in [3.05, 3.63) is 84.7 Å². The van der Waals surface area contributed by atoms with Crippen molar-refractivity contribution in [1.29, 1.82) is 0 Å². The molecule has 1 aromatic heterocycles. The van der Waals surface area contributed by atoms with Gasteiger partial charge in [0, 0.05) is 38.5 Å². The molecule has 0 amide bonds. The minimum atomic E-state index is -0.897. The molecule has 0 bridgehead atoms. The van der Waals surface area contributed by atoms with Crippen LogP contribution in [0.5, 0.6) is 0 Å². The van der Waals surface area contributed by atoms with E-state index in [9.17, 15) is 14.4 Å². The summed E-state index contributed by atoms with van der Waals surface area (Å²) in [5.41, 5.74) is 7.69. The third kappa shape index (κ3) is 2.17. The molecule has 5 nitrogen and oxygen atoms in total. The fourth-order valence-electron chi connectivity index (χ4n) is 4.19. The number of hydrogen-bond donors (Lipinski definition) is 2. The van der Waals surface area contributed by atoms with Crippen molar-refractivity contribution in [2.75, 3.05) is 0 Å². The largest absolute Gasteiger partial charge is 0.401 e. The highest BCUT2D eigenvalue weighted by molar-refractivity contribution is 6.38. The number of ketones is 2. The van der Waals surface area contributed by atoms with E-state index in [-0.39, 0.29) is 33.3 Å². The number of aromatic amines is 1. The van der Waals surface area contributed by atoms with Gasteiger partial charge in [-0.05, 0) is 18.2 Å². The zero-order valence-electron chi connectivity index (χ0n) is 14.3. The van der Waals surface area contributed by atoms with Gasteiger partial charge in [0.1, 0.15) is 0 Å². The van der Waals surface area contributed by atoms with Gasteiger partial charge in [0.05, 0.1) is 22.4 Å². The van der Waals surface area contributed by atoms with Crippen molar-refractivity contribution < 1.29 is 9.59 Å². The van der Waals surface area contributed by atoms with Gasteiger partial charge >= 0.3 is 0 Å². The van der Waals surface area contributed by atoms with Crippen LogP contribution in [0.4, 0.5) is 0 Å². The van der Waals surface area contributed by atoms with E-state index in [0.29, 0.717) is 32.7 Å². The molecule has 0 saturated heterocycles. The number of aromatic nitrogens is 1. The number of benzene rings is 2. The Balaban J connectivity index is 1.87. The van der Waals surface area contributed by atoms with Gasteiger partial charge < -0.3 is 10.7 Å². The summed E-state index contributed by atoms with van der Waals surface area (Å²) in [6, 6.07) is 9.68. The first kappa shape index (κ1) is 17.2. The molecule has 138 valence electrons. The summed E-state index contributed by atoms with van der Waals surface area (Å²) in [6.07, 6.45) is 1.47. The third-order valence-electron chi connectivity index (χ3n) is 5.43. The van der Waals surface area contributed by atoms with Gasteiger partial charge in [-0.3, -0.25) is 14.4 Å². The first-order chi connectivity index (χ1) is 13.4. The Morgan fingerprint density at radius 2 is 1.57 bits per heavy atom. The Kier molecular flexibility index (Phi) is 3.57. The number of halogens is 2. The van der Waals surface area contributed by atoms with Gasteiger partial charge in [0.15, 0.2) is 17.0 Å². The fourth-order valence-corrected chi connectivity index (χ4v) is 4.73. The van der Waals surface area contributed by atoms with Gasteiger partial charge in [-0.15, -0.1) is 0 Å². The van der Waals surface area contributed by atoms with Crippen molar-refractivity contribution in [2.45, 2.75) is 5.92 Å². The van der Waals surface area contributed by atoms with E-state index in [1.54, 1.807) is 24.3 Å². The zero-order chi connectivity index (χ0) is 19.7. The number of hydrogen-bond acceptors (Lipinski definition) is 4. The molecule has 7 heteroatoms. The van der Waals surface area contributed by atoms with Crippen LogP contribution in [0.1, 0.15) is 37.9 Å². The molecular weight excluding hydrogens is 399 g/mol. The highest BCUT2D eigenvalue weighted by Crippen LogP contribution is 2.43. The maximum atomic E-state index is 13.3. The first-order valence-electron chi connectivity index (χ1n) is 8.58. The van der Waals surface area contributed by atoms with E-state index >= 15 is 0 Å². The van der Waals surface area contributed by atoms with Gasteiger partial charge in [0.2, 0.25) is 0 Å². The van der Waals surface area contributed by atoms with E-state index in [1.807, 2.05) is 0 Å². The number of carbonyl (C=O) groups is 2. The summed E-state index contributed by atoms with van der Waals surface area (Å²) in [6.45, 7) is 0. The monoisotopic (exact) mass is 410 g/mol. The Hall–Kier alpha value is -2.89. The summed E-state index contributed by atoms with van der Waals surface area (Å²) in [4.78, 5) is 42.6. The average molecular weight is 411 g/mol.